The maximum atomic E-state index is 12.9. The van der Waals surface area contributed by atoms with Crippen LogP contribution in [0.1, 0.15) is 18.5 Å². The molecule has 1 heterocycles. The lowest BCUT2D eigenvalue weighted by molar-refractivity contribution is 0.626. The van der Waals surface area contributed by atoms with Gasteiger partial charge in [0.05, 0.1) is 0 Å². The normalized spacial score (nSPS) is 12.2. The van der Waals surface area contributed by atoms with Gasteiger partial charge in [-0.3, -0.25) is 14.3 Å². The number of nitrogen functional groups attached to an aromatic ring is 1. The van der Waals surface area contributed by atoms with E-state index in [0.29, 0.717) is 0 Å². The quantitative estimate of drug-likeness (QED) is 0.780. The van der Waals surface area contributed by atoms with E-state index in [1.165, 1.54) is 19.2 Å². The molecule has 2 rings (SSSR count). The molecule has 1 aromatic carbocycles. The lowest BCUT2D eigenvalue weighted by Crippen LogP contribution is -2.32. The largest absolute Gasteiger partial charge is 0.383 e. The number of benzene rings is 1. The van der Waals surface area contributed by atoms with Crippen LogP contribution < -0.4 is 22.3 Å². The molecule has 106 valence electrons. The number of nitrogens with zero attached hydrogens (tertiary/aromatic N) is 1. The molecule has 2 aromatic rings. The molecule has 1 aromatic heterocycles. The third-order valence-corrected chi connectivity index (χ3v) is 3.10. The van der Waals surface area contributed by atoms with Crippen LogP contribution in [0, 0.1) is 5.82 Å². The lowest BCUT2D eigenvalue weighted by Gasteiger charge is -2.17. The predicted octanol–water partition coefficient (Wildman–Crippen LogP) is 0.968. The Kier molecular flexibility index (Phi) is 3.60. The highest BCUT2D eigenvalue weighted by molar-refractivity contribution is 5.61. The van der Waals surface area contributed by atoms with E-state index in [4.69, 9.17) is 5.73 Å². The molecule has 0 radical (unpaired) electrons. The average Bonchev–Trinajstić information content (AvgIpc) is 2.42. The van der Waals surface area contributed by atoms with Crippen LogP contribution in [0.15, 0.2) is 33.9 Å². The second-order valence-corrected chi connectivity index (χ2v) is 4.50. The second-order valence-electron chi connectivity index (χ2n) is 4.50. The molecule has 0 amide bonds. The number of rotatable bonds is 3. The summed E-state index contributed by atoms with van der Waals surface area (Å²) in [4.78, 5) is 25.3. The van der Waals surface area contributed by atoms with Gasteiger partial charge in [0.1, 0.15) is 17.3 Å². The van der Waals surface area contributed by atoms with Gasteiger partial charge in [0.15, 0.2) is 0 Å². The zero-order valence-electron chi connectivity index (χ0n) is 11.1. The maximum Gasteiger partial charge on any atom is 0.329 e. The number of anilines is 2. The molecular formula is C13H15FN4O2. The van der Waals surface area contributed by atoms with E-state index in [0.717, 1.165) is 10.1 Å². The number of aromatic amines is 1. The van der Waals surface area contributed by atoms with E-state index >= 15 is 0 Å². The van der Waals surface area contributed by atoms with Crippen molar-refractivity contribution in [2.45, 2.75) is 13.0 Å². The van der Waals surface area contributed by atoms with Crippen LogP contribution >= 0.6 is 0 Å². The van der Waals surface area contributed by atoms with Gasteiger partial charge in [0.2, 0.25) is 0 Å². The number of hydrogen-bond donors (Lipinski definition) is 3. The first kappa shape index (κ1) is 13.9. The Balaban J connectivity index is 2.35. The monoisotopic (exact) mass is 278 g/mol. The number of aromatic nitrogens is 2. The van der Waals surface area contributed by atoms with Crippen molar-refractivity contribution in [3.8, 4) is 0 Å². The first-order valence-electron chi connectivity index (χ1n) is 6.01. The van der Waals surface area contributed by atoms with Gasteiger partial charge in [0, 0.05) is 13.1 Å². The molecule has 0 aliphatic carbocycles. The van der Waals surface area contributed by atoms with Crippen LogP contribution in [0.2, 0.25) is 0 Å². The van der Waals surface area contributed by atoms with Crippen LogP contribution in [0.25, 0.3) is 0 Å². The smallest absolute Gasteiger partial charge is 0.329 e. The summed E-state index contributed by atoms with van der Waals surface area (Å²) in [6.07, 6.45) is 0. The maximum absolute atomic E-state index is 12.9. The number of halogens is 1. The lowest BCUT2D eigenvalue weighted by atomic mass is 10.1. The second kappa shape index (κ2) is 5.20. The van der Waals surface area contributed by atoms with E-state index in [1.807, 2.05) is 0 Å². The van der Waals surface area contributed by atoms with Crippen LogP contribution in [-0.2, 0) is 7.05 Å². The molecule has 0 aliphatic rings. The summed E-state index contributed by atoms with van der Waals surface area (Å²) < 4.78 is 14.0. The highest BCUT2D eigenvalue weighted by Gasteiger charge is 2.13. The fraction of sp³-hybridized carbons (Fsp3) is 0.231. The minimum Gasteiger partial charge on any atom is -0.383 e. The summed E-state index contributed by atoms with van der Waals surface area (Å²) >= 11 is 0. The molecule has 1 atom stereocenters. The minimum atomic E-state index is -0.584. The Bertz CT molecular complexity index is 734. The van der Waals surface area contributed by atoms with Crippen LogP contribution in [0.3, 0.4) is 0 Å². The highest BCUT2D eigenvalue weighted by Crippen LogP contribution is 2.19. The Hall–Kier alpha value is -2.57. The molecule has 20 heavy (non-hydrogen) atoms. The molecule has 0 fully saturated rings. The first-order valence-corrected chi connectivity index (χ1v) is 6.01. The summed E-state index contributed by atoms with van der Waals surface area (Å²) in [6.45, 7) is 1.80. The predicted molar refractivity (Wildman–Crippen MR) is 75.2 cm³/mol. The fourth-order valence-electron chi connectivity index (χ4n) is 1.83. The third-order valence-electron chi connectivity index (χ3n) is 3.10. The van der Waals surface area contributed by atoms with Crippen molar-refractivity contribution in [2.75, 3.05) is 11.1 Å². The zero-order chi connectivity index (χ0) is 14.9. The summed E-state index contributed by atoms with van der Waals surface area (Å²) in [5.41, 5.74) is 5.50. The van der Waals surface area contributed by atoms with Crippen LogP contribution in [-0.4, -0.2) is 9.55 Å². The summed E-state index contributed by atoms with van der Waals surface area (Å²) in [7, 11) is 1.46. The molecule has 4 N–H and O–H groups in total. The third kappa shape index (κ3) is 2.56. The van der Waals surface area contributed by atoms with Gasteiger partial charge in [-0.15, -0.1) is 0 Å². The standard InChI is InChI=1S/C13H15FN4O2/c1-7(8-3-5-9(14)6-4-8)16-10-11(15)18(2)13(20)17-12(10)19/h3-7,16H,15H2,1-2H3,(H,17,19,20). The minimum absolute atomic E-state index is 0.0488. The van der Waals surface area contributed by atoms with E-state index in [2.05, 4.69) is 10.3 Å². The van der Waals surface area contributed by atoms with Gasteiger partial charge in [0.25, 0.3) is 5.56 Å². The van der Waals surface area contributed by atoms with Gasteiger partial charge in [-0.1, -0.05) is 12.1 Å². The van der Waals surface area contributed by atoms with Crippen molar-refractivity contribution in [2.24, 2.45) is 7.05 Å². The zero-order valence-corrected chi connectivity index (χ0v) is 11.1. The van der Waals surface area contributed by atoms with Gasteiger partial charge in [-0.25, -0.2) is 9.18 Å². The van der Waals surface area contributed by atoms with Crippen molar-refractivity contribution in [3.63, 3.8) is 0 Å². The fourth-order valence-corrected chi connectivity index (χ4v) is 1.83. The van der Waals surface area contributed by atoms with Crippen LogP contribution in [0.5, 0.6) is 0 Å². The molecule has 7 heteroatoms. The average molecular weight is 278 g/mol. The molecule has 1 unspecified atom stereocenters. The van der Waals surface area contributed by atoms with Gasteiger partial charge >= 0.3 is 5.69 Å². The van der Waals surface area contributed by atoms with Gasteiger partial charge in [-0.2, -0.15) is 0 Å². The summed E-state index contributed by atoms with van der Waals surface area (Å²) in [5.74, 6) is -0.284. The molecule has 6 nitrogen and oxygen atoms in total. The van der Waals surface area contributed by atoms with Crippen molar-refractivity contribution in [1.82, 2.24) is 9.55 Å². The topological polar surface area (TPSA) is 92.9 Å². The van der Waals surface area contributed by atoms with Gasteiger partial charge < -0.3 is 11.1 Å². The number of hydrogen-bond acceptors (Lipinski definition) is 4. The molecule has 0 spiro atoms. The van der Waals surface area contributed by atoms with E-state index in [9.17, 15) is 14.0 Å². The SMILES string of the molecule is CC(Nc1c(N)n(C)c(=O)[nH]c1=O)c1ccc(F)cc1. The molecule has 0 saturated heterocycles. The molecule has 0 aliphatic heterocycles. The molecular weight excluding hydrogens is 263 g/mol. The van der Waals surface area contributed by atoms with E-state index in [1.54, 1.807) is 19.1 Å². The van der Waals surface area contributed by atoms with Crippen molar-refractivity contribution in [1.29, 1.82) is 0 Å². The highest BCUT2D eigenvalue weighted by atomic mass is 19.1. The van der Waals surface area contributed by atoms with E-state index < -0.39 is 11.2 Å². The summed E-state index contributed by atoms with van der Waals surface area (Å²) in [6, 6.07) is 5.62. The number of H-pyrrole nitrogens is 1. The van der Waals surface area contributed by atoms with Crippen LogP contribution in [0.4, 0.5) is 15.9 Å². The number of nitrogens with two attached hydrogens (primary N) is 1. The van der Waals surface area contributed by atoms with Crippen molar-refractivity contribution >= 4 is 11.5 Å². The number of nitrogens with one attached hydrogen (secondary N) is 2. The first-order chi connectivity index (χ1) is 9.40. The van der Waals surface area contributed by atoms with Gasteiger partial charge in [-0.05, 0) is 24.6 Å². The Labute approximate surface area is 114 Å². The molecule has 0 bridgehead atoms. The van der Waals surface area contributed by atoms with E-state index in [-0.39, 0.29) is 23.4 Å². The van der Waals surface area contributed by atoms with Crippen molar-refractivity contribution in [3.05, 3.63) is 56.5 Å². The van der Waals surface area contributed by atoms with Crippen molar-refractivity contribution < 1.29 is 4.39 Å². The Morgan fingerprint density at radius 2 is 1.90 bits per heavy atom. The Morgan fingerprint density at radius 1 is 1.30 bits per heavy atom. The summed E-state index contributed by atoms with van der Waals surface area (Å²) in [5, 5.41) is 2.93. The Morgan fingerprint density at radius 3 is 2.50 bits per heavy atom. The molecule has 0 saturated carbocycles.